The van der Waals surface area contributed by atoms with Crippen LogP contribution in [0.15, 0.2) is 0 Å². The van der Waals surface area contributed by atoms with Crippen LogP contribution in [0.3, 0.4) is 0 Å². The minimum absolute atomic E-state index is 0.0231. The quantitative estimate of drug-likeness (QED) is 0.109. The van der Waals surface area contributed by atoms with Gasteiger partial charge in [-0.1, -0.05) is 34.6 Å². The van der Waals surface area contributed by atoms with Crippen LogP contribution in [0.5, 0.6) is 0 Å². The second-order valence-electron chi connectivity index (χ2n) is 33.2. The average molecular weight is 1370 g/mol. The number of cyclic esters (lactones) is 1. The number of carbonyl (C=O) groups is 11. The Kier molecular flexibility index (Phi) is 22.5. The summed E-state index contributed by atoms with van der Waals surface area (Å²) in [6.07, 6.45) is 13.0. The zero-order valence-electron chi connectivity index (χ0n) is 60.4. The van der Waals surface area contributed by atoms with Gasteiger partial charge in [-0.2, -0.15) is 0 Å². The molecule has 0 amide bonds. The molecule has 0 radical (unpaired) electrons. The van der Waals surface area contributed by atoms with E-state index in [1.165, 1.54) is 33.5 Å². The molecule has 8 aliphatic heterocycles. The Labute approximate surface area is 571 Å². The number of ether oxygens (including phenoxy) is 12. The lowest BCUT2D eigenvalue weighted by atomic mass is 9.65. The maximum Gasteiger partial charge on any atom is 0.348 e. The van der Waals surface area contributed by atoms with Gasteiger partial charge in [-0.15, -0.1) is 0 Å². The van der Waals surface area contributed by atoms with Gasteiger partial charge in [0, 0.05) is 36.5 Å². The fourth-order valence-electron chi connectivity index (χ4n) is 16.9. The topological polar surface area (TPSA) is 299 Å². The van der Waals surface area contributed by atoms with Crippen molar-refractivity contribution in [3.8, 4) is 0 Å². The molecule has 23 heteroatoms. The predicted octanol–water partition coefficient (Wildman–Crippen LogP) is 10.1. The Morgan fingerprint density at radius 3 is 1.63 bits per heavy atom. The molecular formula is C74H110O23. The maximum atomic E-state index is 12.4. The molecule has 7 aliphatic carbocycles. The Bertz CT molecular complexity index is 3000. The van der Waals surface area contributed by atoms with E-state index in [-0.39, 0.29) is 119 Å². The van der Waals surface area contributed by atoms with Crippen molar-refractivity contribution in [3.63, 3.8) is 0 Å². The molecule has 8 heterocycles. The van der Waals surface area contributed by atoms with Gasteiger partial charge in [-0.3, -0.25) is 47.9 Å². The van der Waals surface area contributed by atoms with Crippen LogP contribution in [0.4, 0.5) is 0 Å². The molecular weight excluding hydrogens is 1260 g/mol. The third kappa shape index (κ3) is 15.1. The van der Waals surface area contributed by atoms with Crippen molar-refractivity contribution in [2.24, 2.45) is 98.1 Å². The highest BCUT2D eigenvalue weighted by molar-refractivity contribution is 5.87. The molecule has 0 aromatic carbocycles. The molecule has 15 rings (SSSR count). The van der Waals surface area contributed by atoms with Crippen molar-refractivity contribution in [2.45, 2.75) is 280 Å². The molecule has 10 bridgehead atoms. The van der Waals surface area contributed by atoms with Crippen LogP contribution in [0.1, 0.15) is 219 Å². The number of methoxy groups -OCH3 is 2. The number of hydrogen-bond acceptors (Lipinski definition) is 23. The molecule has 544 valence electrons. The van der Waals surface area contributed by atoms with E-state index in [9.17, 15) is 52.7 Å². The molecule has 7 saturated carbocycles. The van der Waals surface area contributed by atoms with E-state index < -0.39 is 75.6 Å². The lowest BCUT2D eigenvalue weighted by Gasteiger charge is -2.46. The number of esters is 11. The van der Waals surface area contributed by atoms with E-state index in [2.05, 4.69) is 4.74 Å². The summed E-state index contributed by atoms with van der Waals surface area (Å²) >= 11 is 0. The second-order valence-corrected chi connectivity index (χ2v) is 33.2. The highest BCUT2D eigenvalue weighted by atomic mass is 16.7. The van der Waals surface area contributed by atoms with Crippen molar-refractivity contribution in [1.82, 2.24) is 0 Å². The van der Waals surface area contributed by atoms with E-state index >= 15 is 0 Å². The van der Waals surface area contributed by atoms with Crippen molar-refractivity contribution < 1.29 is 110 Å². The van der Waals surface area contributed by atoms with Gasteiger partial charge in [0.1, 0.15) is 36.1 Å². The first-order valence-corrected chi connectivity index (χ1v) is 36.1. The standard InChI is InChI=1S/C16H22O6.C16H24O4.C13H18O5.C13H20O4.C9H12O2.C7H14O2/c1-5-16(2,3)15(19)22-12-7-6-8-10(9(7)13(17)20-4)14(18)21-11(8)12;1-4-15(2,3)14(18)20-16-7-10-5-11(8-16)13(17)19-12(6-10)9-16;1-4-13(2,3)12(15)18-9-7-5-6-8(16-7)10(9)17-11(6)14;1-4-13(2,3)12(15)17-10-8-6-5-7-9(8)16-11(10)14;10-9-8-6-2-1-5(3-6)7(8)4-11-9;1-5-7(2,3)6(8)9-4/h7-12H,5-6H2,1-4H3;10-12H,4-9H2,1-3H3;6-10H,4-5H2,1-3H3;8-10H,4-7H2,1-3H3;5-8H,1-4H2;5H2,1-4H3. The molecule has 15 fully saturated rings. The van der Waals surface area contributed by atoms with Crippen LogP contribution in [-0.2, 0) is 110 Å². The number of fused-ring (bicyclic) bond motifs is 9. The molecule has 22 atom stereocenters. The number of rotatable bonds is 15. The Morgan fingerprint density at radius 1 is 0.464 bits per heavy atom. The zero-order valence-corrected chi connectivity index (χ0v) is 60.4. The van der Waals surface area contributed by atoms with Gasteiger partial charge in [0.25, 0.3) is 0 Å². The summed E-state index contributed by atoms with van der Waals surface area (Å²) in [4.78, 5) is 130. The van der Waals surface area contributed by atoms with Gasteiger partial charge in [-0.25, -0.2) is 4.79 Å². The summed E-state index contributed by atoms with van der Waals surface area (Å²) in [5.41, 5.74) is -2.85. The molecule has 23 nitrogen and oxygen atoms in total. The highest BCUT2D eigenvalue weighted by Gasteiger charge is 2.71. The first-order valence-electron chi connectivity index (χ1n) is 36.1. The molecule has 22 unspecified atom stereocenters. The van der Waals surface area contributed by atoms with E-state index in [0.717, 1.165) is 63.9 Å². The molecule has 0 aromatic rings. The summed E-state index contributed by atoms with van der Waals surface area (Å²) in [6.45, 7) is 29.1. The predicted molar refractivity (Wildman–Crippen MR) is 344 cm³/mol. The molecule has 97 heavy (non-hydrogen) atoms. The largest absolute Gasteiger partial charge is 0.469 e. The molecule has 15 aliphatic rings. The van der Waals surface area contributed by atoms with Gasteiger partial charge in [0.05, 0.1) is 83.6 Å². The van der Waals surface area contributed by atoms with Gasteiger partial charge in [-0.05, 0) is 190 Å². The van der Waals surface area contributed by atoms with Gasteiger partial charge in [0.2, 0.25) is 6.10 Å². The van der Waals surface area contributed by atoms with Gasteiger partial charge < -0.3 is 56.8 Å². The number of hydrogen-bond donors (Lipinski definition) is 0. The third-order valence-corrected chi connectivity index (χ3v) is 25.1. The lowest BCUT2D eigenvalue weighted by molar-refractivity contribution is -0.184. The van der Waals surface area contributed by atoms with E-state index in [0.29, 0.717) is 68.6 Å². The Balaban J connectivity index is 0.000000139. The van der Waals surface area contributed by atoms with Gasteiger partial charge >= 0.3 is 65.7 Å². The molecule has 0 aromatic heterocycles. The second kappa shape index (κ2) is 29.0. The highest BCUT2D eigenvalue weighted by Crippen LogP contribution is 2.60. The molecule has 8 saturated heterocycles. The SMILES string of the molecule is CCC(C)(C)C(=O)OC.CCC(C)(C)C(=O)OC12CC3CC(C1)OC(=O)C(C3)C2.CCC(C)(C)C(=O)OC1C(=O)OC2CCCC21.CCC(C)(C)C(=O)OC1C2CC3C(=O)OC1C3O2.CCC(C)(C)C(=O)OC1C2CC3C1OC(=O)C3C2C(=O)OC.O=C1OCC2C3CCC(C3)C12. The van der Waals surface area contributed by atoms with E-state index in [4.69, 9.17) is 52.1 Å². The first kappa shape index (κ1) is 75.3. The van der Waals surface area contributed by atoms with Crippen LogP contribution in [0.2, 0.25) is 0 Å². The molecule has 0 N–H and O–H groups in total. The van der Waals surface area contributed by atoms with Crippen LogP contribution in [0, 0.1) is 98.1 Å². The van der Waals surface area contributed by atoms with Crippen LogP contribution < -0.4 is 0 Å². The molecule has 0 spiro atoms. The van der Waals surface area contributed by atoms with E-state index in [1.807, 2.05) is 104 Å². The minimum Gasteiger partial charge on any atom is -0.469 e. The van der Waals surface area contributed by atoms with Crippen molar-refractivity contribution in [2.75, 3.05) is 20.8 Å². The summed E-state index contributed by atoms with van der Waals surface area (Å²) in [5, 5.41) is 0. The Morgan fingerprint density at radius 2 is 1.04 bits per heavy atom. The van der Waals surface area contributed by atoms with Crippen LogP contribution in [0.25, 0.3) is 0 Å². The van der Waals surface area contributed by atoms with Crippen molar-refractivity contribution in [3.05, 3.63) is 0 Å². The summed E-state index contributed by atoms with van der Waals surface area (Å²) in [5.74, 6) is -0.857. The maximum absolute atomic E-state index is 12.4. The van der Waals surface area contributed by atoms with Crippen molar-refractivity contribution in [1.29, 1.82) is 0 Å². The fourth-order valence-corrected chi connectivity index (χ4v) is 16.9. The summed E-state index contributed by atoms with van der Waals surface area (Å²) < 4.78 is 64.1. The smallest absolute Gasteiger partial charge is 0.348 e. The lowest BCUT2D eigenvalue weighted by Crippen LogP contribution is -2.49. The normalized spacial score (nSPS) is 37.2. The fraction of sp³-hybridized carbons (Fsp3) is 0.851. The number of carbonyl (C=O) groups excluding carboxylic acids is 11. The summed E-state index contributed by atoms with van der Waals surface area (Å²) in [6, 6.07) is 0. The van der Waals surface area contributed by atoms with Crippen molar-refractivity contribution >= 4 is 65.7 Å². The monoisotopic (exact) mass is 1370 g/mol. The van der Waals surface area contributed by atoms with Gasteiger partial charge in [0.15, 0.2) is 12.2 Å². The minimum atomic E-state index is -0.666. The summed E-state index contributed by atoms with van der Waals surface area (Å²) in [7, 11) is 2.73. The third-order valence-electron chi connectivity index (χ3n) is 25.1. The van der Waals surface area contributed by atoms with Crippen LogP contribution in [-0.4, -0.2) is 147 Å². The zero-order chi connectivity index (χ0) is 71.4. The van der Waals surface area contributed by atoms with E-state index in [1.54, 1.807) is 0 Å². The van der Waals surface area contributed by atoms with Crippen LogP contribution >= 0.6 is 0 Å². The Hall–Kier alpha value is -5.87. The first-order chi connectivity index (χ1) is 45.4. The average Bonchev–Trinajstić information content (AvgIpc) is 1.56.